The Bertz CT molecular complexity index is 1060. The van der Waals surface area contributed by atoms with Crippen molar-refractivity contribution >= 4 is 5.57 Å². The molecule has 1 fully saturated rings. The van der Waals surface area contributed by atoms with E-state index in [0.717, 1.165) is 33.8 Å². The first-order chi connectivity index (χ1) is 20.5. The van der Waals surface area contributed by atoms with Crippen LogP contribution >= 0.6 is 0 Å². The zero-order chi connectivity index (χ0) is 34.7. The van der Waals surface area contributed by atoms with E-state index in [2.05, 4.69) is 93.2 Å². The highest BCUT2D eigenvalue weighted by atomic mass is 14.3. The maximum atomic E-state index is 5.40. The van der Waals surface area contributed by atoms with Crippen molar-refractivity contribution < 1.29 is 0 Å². The number of unbranched alkanes of at least 4 members (excludes halogenated alkanes) is 2. The smallest absolute Gasteiger partial charge is 0.0277 e. The van der Waals surface area contributed by atoms with Gasteiger partial charge < -0.3 is 0 Å². The summed E-state index contributed by atoms with van der Waals surface area (Å²) in [7, 11) is 0. The fourth-order valence-corrected chi connectivity index (χ4v) is 4.05. The van der Waals surface area contributed by atoms with Crippen molar-refractivity contribution in [2.24, 2.45) is 11.3 Å². The van der Waals surface area contributed by atoms with Gasteiger partial charge in [0.1, 0.15) is 0 Å². The highest BCUT2D eigenvalue weighted by Crippen LogP contribution is 2.39. The fraction of sp³-hybridized carbons (Fsp3) is 0.556. The SMILES string of the molecule is C.C#Cc1cc(C(=C)/C=C\C)ccc1C.C=C(C)/C=C\C(CCCC)=C(C)C.C=C(C)C.CC1CCCCC1(C)C.CCCC. The van der Waals surface area contributed by atoms with Crippen LogP contribution in [0.2, 0.25) is 0 Å². The normalized spacial score (nSPS) is 14.3. The van der Waals surface area contributed by atoms with Crippen LogP contribution < -0.4 is 0 Å². The number of hydrogen-bond donors (Lipinski definition) is 0. The summed E-state index contributed by atoms with van der Waals surface area (Å²) in [6.45, 7) is 39.5. The minimum atomic E-state index is 0. The molecule has 0 amide bonds. The van der Waals surface area contributed by atoms with Gasteiger partial charge in [0, 0.05) is 5.56 Å². The van der Waals surface area contributed by atoms with E-state index in [1.54, 1.807) is 0 Å². The van der Waals surface area contributed by atoms with Crippen LogP contribution in [0.3, 0.4) is 0 Å². The molecule has 45 heavy (non-hydrogen) atoms. The largest absolute Gasteiger partial charge is 0.115 e. The molecule has 1 aromatic carbocycles. The van der Waals surface area contributed by atoms with Gasteiger partial charge in [0.2, 0.25) is 0 Å². The quantitative estimate of drug-likeness (QED) is 0.155. The standard InChI is InChI=1S/C14H14.C13H22.C9H18.C4H8.C4H10.CH4/c1-5-7-11(3)14-9-8-12(4)13(6-2)10-14;1-6-7-8-13(12(4)5)10-9-11(2)3;1-8-6-4-5-7-9(8,2)3;1-4(2)3;1-3-4-2;/h2,5,7-10H,3H2,1,4H3;9-10H,2,6-8H2,1,3-5H3;8H,4-7H2,1-3H3;1H2,2-3H3;3-4H2,1-2H3;1H4/b7-5-;10-9-;;;;. The van der Waals surface area contributed by atoms with Crippen molar-refractivity contribution in [2.75, 3.05) is 0 Å². The van der Waals surface area contributed by atoms with Gasteiger partial charge in [0.15, 0.2) is 0 Å². The maximum absolute atomic E-state index is 5.40. The predicted molar refractivity (Wildman–Crippen MR) is 214 cm³/mol. The van der Waals surface area contributed by atoms with Gasteiger partial charge in [-0.3, -0.25) is 0 Å². The van der Waals surface area contributed by atoms with Gasteiger partial charge >= 0.3 is 0 Å². The highest BCUT2D eigenvalue weighted by Gasteiger charge is 2.28. The lowest BCUT2D eigenvalue weighted by Gasteiger charge is -2.36. The van der Waals surface area contributed by atoms with E-state index < -0.39 is 0 Å². The third-order valence-electron chi connectivity index (χ3n) is 7.68. The molecule has 1 unspecified atom stereocenters. The first-order valence-electron chi connectivity index (χ1n) is 17.1. The van der Waals surface area contributed by atoms with Gasteiger partial charge in [-0.05, 0) is 107 Å². The molecule has 1 aromatic rings. The summed E-state index contributed by atoms with van der Waals surface area (Å²) < 4.78 is 0. The summed E-state index contributed by atoms with van der Waals surface area (Å²) >= 11 is 0. The van der Waals surface area contributed by atoms with Crippen molar-refractivity contribution in [3.8, 4) is 12.3 Å². The lowest BCUT2D eigenvalue weighted by atomic mass is 9.70. The summed E-state index contributed by atoms with van der Waals surface area (Å²) in [4.78, 5) is 0. The number of rotatable bonds is 8. The van der Waals surface area contributed by atoms with Gasteiger partial charge in [-0.25, -0.2) is 0 Å². The van der Waals surface area contributed by atoms with E-state index >= 15 is 0 Å². The molecule has 256 valence electrons. The second kappa shape index (κ2) is 29.9. The molecule has 0 heteroatoms. The molecule has 1 aliphatic carbocycles. The minimum absolute atomic E-state index is 0. The van der Waals surface area contributed by atoms with Crippen LogP contribution in [0.5, 0.6) is 0 Å². The van der Waals surface area contributed by atoms with Gasteiger partial charge in [-0.1, -0.05) is 160 Å². The van der Waals surface area contributed by atoms with E-state index in [9.17, 15) is 0 Å². The zero-order valence-corrected chi connectivity index (χ0v) is 31.7. The number of allylic oxidation sites excluding steroid dienone is 9. The second-order valence-corrected chi connectivity index (χ2v) is 13.4. The third kappa shape index (κ3) is 28.4. The summed E-state index contributed by atoms with van der Waals surface area (Å²) in [5.74, 6) is 3.62. The summed E-state index contributed by atoms with van der Waals surface area (Å²) in [5, 5.41) is 0. The molecule has 2 rings (SSSR count). The minimum Gasteiger partial charge on any atom is -0.115 e. The average molecular weight is 617 g/mol. The van der Waals surface area contributed by atoms with Crippen molar-refractivity contribution in [1.29, 1.82) is 0 Å². The van der Waals surface area contributed by atoms with Gasteiger partial charge in [0.25, 0.3) is 0 Å². The molecule has 0 aromatic heterocycles. The van der Waals surface area contributed by atoms with Crippen LogP contribution in [-0.4, -0.2) is 0 Å². The van der Waals surface area contributed by atoms with Crippen LogP contribution in [0.25, 0.3) is 5.57 Å². The number of hydrogen-bond acceptors (Lipinski definition) is 0. The van der Waals surface area contributed by atoms with E-state index in [4.69, 9.17) is 6.42 Å². The number of benzene rings is 1. The summed E-state index contributed by atoms with van der Waals surface area (Å²) in [5.41, 5.74) is 9.95. The average Bonchev–Trinajstić information content (AvgIpc) is 2.95. The van der Waals surface area contributed by atoms with Crippen molar-refractivity contribution in [2.45, 2.75) is 155 Å². The Morgan fingerprint density at radius 2 is 1.49 bits per heavy atom. The van der Waals surface area contributed by atoms with E-state index in [1.807, 2.05) is 65.0 Å². The van der Waals surface area contributed by atoms with Crippen molar-refractivity contribution in [3.63, 3.8) is 0 Å². The summed E-state index contributed by atoms with van der Waals surface area (Å²) in [6.07, 6.45) is 25.8. The van der Waals surface area contributed by atoms with Crippen molar-refractivity contribution in [3.05, 3.63) is 101 Å². The van der Waals surface area contributed by atoms with Crippen LogP contribution in [0, 0.1) is 30.6 Å². The Balaban J connectivity index is -0.000000251. The predicted octanol–water partition coefficient (Wildman–Crippen LogP) is 15.5. The summed E-state index contributed by atoms with van der Waals surface area (Å²) in [6, 6.07) is 6.06. The molecule has 1 aliphatic rings. The monoisotopic (exact) mass is 617 g/mol. The van der Waals surface area contributed by atoms with E-state index in [1.165, 1.54) is 74.5 Å². The second-order valence-electron chi connectivity index (χ2n) is 13.4. The highest BCUT2D eigenvalue weighted by molar-refractivity contribution is 5.73. The molecule has 0 nitrogen and oxygen atoms in total. The Kier molecular flexibility index (Phi) is 32.6. The van der Waals surface area contributed by atoms with Gasteiger partial charge in [-0.2, -0.15) is 0 Å². The molecule has 0 saturated heterocycles. The van der Waals surface area contributed by atoms with E-state index in [-0.39, 0.29) is 7.43 Å². The first-order valence-corrected chi connectivity index (χ1v) is 17.1. The Hall–Kier alpha value is -2.78. The first kappa shape index (κ1) is 49.1. The molecule has 0 aliphatic heterocycles. The van der Waals surface area contributed by atoms with Gasteiger partial charge in [0.05, 0.1) is 0 Å². The Morgan fingerprint density at radius 1 is 0.933 bits per heavy atom. The Morgan fingerprint density at radius 3 is 1.84 bits per heavy atom. The molecule has 0 spiro atoms. The van der Waals surface area contributed by atoms with Crippen LogP contribution in [0.15, 0.2) is 84.5 Å². The van der Waals surface area contributed by atoms with E-state index in [0.29, 0.717) is 5.41 Å². The molecule has 0 bridgehead atoms. The molecule has 0 heterocycles. The van der Waals surface area contributed by atoms with Crippen LogP contribution in [-0.2, 0) is 0 Å². The lowest BCUT2D eigenvalue weighted by Crippen LogP contribution is -2.24. The van der Waals surface area contributed by atoms with Crippen LogP contribution in [0.1, 0.15) is 165 Å². The molecule has 1 saturated carbocycles. The molecule has 1 atom stereocenters. The number of terminal acetylenes is 1. The molecular weight excluding hydrogens is 540 g/mol. The number of aryl methyl sites for hydroxylation is 1. The lowest BCUT2D eigenvalue weighted by molar-refractivity contribution is 0.154. The Labute approximate surface area is 285 Å². The topological polar surface area (TPSA) is 0 Å². The maximum Gasteiger partial charge on any atom is 0.0277 e. The fourth-order valence-electron chi connectivity index (χ4n) is 4.05. The zero-order valence-electron chi connectivity index (χ0n) is 31.7. The van der Waals surface area contributed by atoms with Gasteiger partial charge in [-0.15, -0.1) is 13.0 Å². The molecular formula is C45H76. The molecule has 0 N–H and O–H groups in total. The molecule has 0 radical (unpaired) electrons. The van der Waals surface area contributed by atoms with Crippen molar-refractivity contribution in [1.82, 2.24) is 0 Å². The third-order valence-corrected chi connectivity index (χ3v) is 7.68. The van der Waals surface area contributed by atoms with Crippen LogP contribution in [0.4, 0.5) is 0 Å².